The van der Waals surface area contributed by atoms with Gasteiger partial charge in [0.2, 0.25) is 5.91 Å². The number of phenolic OH excluding ortho intramolecular Hbond substituents is 1. The van der Waals surface area contributed by atoms with Crippen LogP contribution < -0.4 is 10.1 Å². The van der Waals surface area contributed by atoms with Crippen LogP contribution in [0, 0.1) is 0 Å². The SMILES string of the molecule is COc1cc(C2CC(=O)Nc3c2ncn3-c2cccnc2)ccc1O. The second kappa shape index (κ2) is 5.94. The van der Waals surface area contributed by atoms with Crippen molar-refractivity contribution in [1.29, 1.82) is 0 Å². The molecule has 7 heteroatoms. The van der Waals surface area contributed by atoms with E-state index in [-0.39, 0.29) is 24.0 Å². The summed E-state index contributed by atoms with van der Waals surface area (Å²) in [6, 6.07) is 8.82. The Kier molecular flexibility index (Phi) is 3.61. The van der Waals surface area contributed by atoms with Gasteiger partial charge in [-0.3, -0.25) is 14.3 Å². The summed E-state index contributed by atoms with van der Waals surface area (Å²) < 4.78 is 6.99. The number of ether oxygens (including phenoxy) is 1. The van der Waals surface area contributed by atoms with Crippen LogP contribution in [-0.4, -0.2) is 32.7 Å². The minimum atomic E-state index is -0.212. The number of phenols is 1. The van der Waals surface area contributed by atoms with Crippen molar-refractivity contribution in [1.82, 2.24) is 14.5 Å². The minimum absolute atomic E-state index is 0.0626. The number of benzene rings is 1. The third kappa shape index (κ3) is 2.59. The average molecular weight is 336 g/mol. The zero-order valence-corrected chi connectivity index (χ0v) is 13.5. The number of rotatable bonds is 3. The van der Waals surface area contributed by atoms with Crippen LogP contribution in [0.15, 0.2) is 49.1 Å². The lowest BCUT2D eigenvalue weighted by atomic mass is 9.89. The van der Waals surface area contributed by atoms with Crippen molar-refractivity contribution in [2.45, 2.75) is 12.3 Å². The van der Waals surface area contributed by atoms with Gasteiger partial charge in [-0.2, -0.15) is 0 Å². The van der Waals surface area contributed by atoms with Crippen molar-refractivity contribution in [3.05, 3.63) is 60.3 Å². The third-order valence-corrected chi connectivity index (χ3v) is 4.30. The first-order valence-corrected chi connectivity index (χ1v) is 7.81. The molecule has 0 spiro atoms. The number of carbonyl (C=O) groups is 1. The van der Waals surface area contributed by atoms with Crippen molar-refractivity contribution in [3.8, 4) is 17.2 Å². The van der Waals surface area contributed by atoms with E-state index in [0.29, 0.717) is 11.6 Å². The Morgan fingerprint density at radius 3 is 3.00 bits per heavy atom. The van der Waals surface area contributed by atoms with Crippen LogP contribution in [0.3, 0.4) is 0 Å². The normalized spacial score (nSPS) is 16.2. The summed E-state index contributed by atoms with van der Waals surface area (Å²) in [4.78, 5) is 20.9. The summed E-state index contributed by atoms with van der Waals surface area (Å²) in [6.45, 7) is 0. The van der Waals surface area contributed by atoms with E-state index in [9.17, 15) is 9.90 Å². The molecule has 0 saturated heterocycles. The Morgan fingerprint density at radius 1 is 1.36 bits per heavy atom. The lowest BCUT2D eigenvalue weighted by Crippen LogP contribution is -2.24. The Bertz CT molecular complexity index is 937. The molecule has 25 heavy (non-hydrogen) atoms. The number of methoxy groups -OCH3 is 1. The van der Waals surface area contributed by atoms with Crippen molar-refractivity contribution < 1.29 is 14.6 Å². The molecule has 2 aromatic heterocycles. The van der Waals surface area contributed by atoms with E-state index < -0.39 is 0 Å². The van der Waals surface area contributed by atoms with E-state index in [1.807, 2.05) is 16.7 Å². The third-order valence-electron chi connectivity index (χ3n) is 4.30. The maximum Gasteiger partial charge on any atom is 0.226 e. The molecule has 0 bridgehead atoms. The molecule has 0 fully saturated rings. The van der Waals surface area contributed by atoms with Crippen LogP contribution >= 0.6 is 0 Å². The number of imidazole rings is 1. The number of aromatic nitrogens is 3. The summed E-state index contributed by atoms with van der Waals surface area (Å²) >= 11 is 0. The lowest BCUT2D eigenvalue weighted by molar-refractivity contribution is -0.116. The average Bonchev–Trinajstić information content (AvgIpc) is 3.06. The maximum atomic E-state index is 12.3. The van der Waals surface area contributed by atoms with E-state index in [2.05, 4.69) is 15.3 Å². The van der Waals surface area contributed by atoms with Gasteiger partial charge in [0.05, 0.1) is 24.7 Å². The molecular weight excluding hydrogens is 320 g/mol. The van der Waals surface area contributed by atoms with Gasteiger partial charge in [0.1, 0.15) is 12.1 Å². The van der Waals surface area contributed by atoms with Crippen LogP contribution in [0.5, 0.6) is 11.5 Å². The van der Waals surface area contributed by atoms with Crippen LogP contribution in [0.2, 0.25) is 0 Å². The molecule has 4 rings (SSSR count). The minimum Gasteiger partial charge on any atom is -0.504 e. The zero-order chi connectivity index (χ0) is 17.4. The molecule has 1 aliphatic heterocycles. The highest BCUT2D eigenvalue weighted by Crippen LogP contribution is 2.39. The van der Waals surface area contributed by atoms with Gasteiger partial charge in [-0.1, -0.05) is 6.07 Å². The quantitative estimate of drug-likeness (QED) is 0.767. The number of nitrogens with zero attached hydrogens (tertiary/aromatic N) is 3. The number of hydrogen-bond donors (Lipinski definition) is 2. The number of carbonyl (C=O) groups excluding carboxylic acids is 1. The fraction of sp³-hybridized carbons (Fsp3) is 0.167. The van der Waals surface area contributed by atoms with E-state index in [0.717, 1.165) is 16.9 Å². The van der Waals surface area contributed by atoms with Gasteiger partial charge in [0.25, 0.3) is 0 Å². The monoisotopic (exact) mass is 336 g/mol. The summed E-state index contributed by atoms with van der Waals surface area (Å²) in [5.74, 6) is 0.775. The zero-order valence-electron chi connectivity index (χ0n) is 13.5. The first kappa shape index (κ1) is 15.2. The number of fused-ring (bicyclic) bond motifs is 1. The molecular formula is C18H16N4O3. The molecule has 7 nitrogen and oxygen atoms in total. The Labute approximate surface area is 143 Å². The molecule has 3 aromatic rings. The van der Waals surface area contributed by atoms with Crippen molar-refractivity contribution >= 4 is 11.7 Å². The topological polar surface area (TPSA) is 89.3 Å². The van der Waals surface area contributed by atoms with Gasteiger partial charge >= 0.3 is 0 Å². The molecule has 0 radical (unpaired) electrons. The number of anilines is 1. The molecule has 1 unspecified atom stereocenters. The smallest absolute Gasteiger partial charge is 0.226 e. The molecule has 0 saturated carbocycles. The lowest BCUT2D eigenvalue weighted by Gasteiger charge is -2.23. The van der Waals surface area contributed by atoms with Crippen LogP contribution in [0.1, 0.15) is 23.6 Å². The number of pyridine rings is 1. The van der Waals surface area contributed by atoms with Gasteiger partial charge in [0.15, 0.2) is 11.5 Å². The highest BCUT2D eigenvalue weighted by atomic mass is 16.5. The first-order chi connectivity index (χ1) is 12.2. The molecule has 3 heterocycles. The number of nitrogens with one attached hydrogen (secondary N) is 1. The second-order valence-electron chi connectivity index (χ2n) is 5.80. The van der Waals surface area contributed by atoms with E-state index in [4.69, 9.17) is 4.74 Å². The predicted molar refractivity (Wildman–Crippen MR) is 91.1 cm³/mol. The van der Waals surface area contributed by atoms with Crippen LogP contribution in [0.25, 0.3) is 5.69 Å². The van der Waals surface area contributed by atoms with Crippen molar-refractivity contribution in [2.24, 2.45) is 0 Å². The molecule has 1 aromatic carbocycles. The number of hydrogen-bond acceptors (Lipinski definition) is 5. The standard InChI is InChI=1S/C18H16N4O3/c1-25-15-7-11(4-5-14(15)23)13-8-16(24)21-18-17(13)20-10-22(18)12-3-2-6-19-9-12/h2-7,9-10,13,23H,8H2,1H3,(H,21,24). The van der Waals surface area contributed by atoms with Gasteiger partial charge in [-0.05, 0) is 29.8 Å². The summed E-state index contributed by atoms with van der Waals surface area (Å²) in [5, 5.41) is 12.7. The number of aromatic hydroxyl groups is 1. The highest BCUT2D eigenvalue weighted by Gasteiger charge is 2.31. The summed E-state index contributed by atoms with van der Waals surface area (Å²) in [6.07, 6.45) is 5.36. The molecule has 2 N–H and O–H groups in total. The van der Waals surface area contributed by atoms with E-state index >= 15 is 0 Å². The molecule has 1 amide bonds. The van der Waals surface area contributed by atoms with E-state index in [1.165, 1.54) is 7.11 Å². The highest BCUT2D eigenvalue weighted by molar-refractivity contribution is 5.94. The fourth-order valence-electron chi connectivity index (χ4n) is 3.09. The van der Waals surface area contributed by atoms with E-state index in [1.54, 1.807) is 36.9 Å². The second-order valence-corrected chi connectivity index (χ2v) is 5.80. The Balaban J connectivity index is 1.81. The maximum absolute atomic E-state index is 12.3. The molecule has 126 valence electrons. The van der Waals surface area contributed by atoms with Gasteiger partial charge in [-0.15, -0.1) is 0 Å². The first-order valence-electron chi connectivity index (χ1n) is 7.81. The summed E-state index contributed by atoms with van der Waals surface area (Å²) in [5.41, 5.74) is 2.46. The molecule has 0 aliphatic carbocycles. The largest absolute Gasteiger partial charge is 0.504 e. The number of amides is 1. The van der Waals surface area contributed by atoms with Crippen LogP contribution in [0.4, 0.5) is 5.82 Å². The van der Waals surface area contributed by atoms with Crippen molar-refractivity contribution in [2.75, 3.05) is 12.4 Å². The fourth-order valence-corrected chi connectivity index (χ4v) is 3.09. The molecule has 1 atom stereocenters. The van der Waals surface area contributed by atoms with Gasteiger partial charge in [0, 0.05) is 18.5 Å². The van der Waals surface area contributed by atoms with Crippen molar-refractivity contribution in [3.63, 3.8) is 0 Å². The molecule has 1 aliphatic rings. The predicted octanol–water partition coefficient (Wildman–Crippen LogP) is 2.46. The summed E-state index contributed by atoms with van der Waals surface area (Å²) in [7, 11) is 1.50. The van der Waals surface area contributed by atoms with Gasteiger partial charge < -0.3 is 15.2 Å². The Morgan fingerprint density at radius 2 is 2.24 bits per heavy atom. The Hall–Kier alpha value is -3.35. The van der Waals surface area contributed by atoms with Crippen LogP contribution in [-0.2, 0) is 4.79 Å². The van der Waals surface area contributed by atoms with Gasteiger partial charge in [-0.25, -0.2) is 4.98 Å².